The molecule has 0 saturated carbocycles. The van der Waals surface area contributed by atoms with Crippen LogP contribution in [0.15, 0.2) is 41.9 Å². The highest BCUT2D eigenvalue weighted by atomic mass is 16.1. The average Bonchev–Trinajstić information content (AvgIpc) is 2.28. The molecule has 17 heavy (non-hydrogen) atoms. The third-order valence-electron chi connectivity index (χ3n) is 1.99. The predicted molar refractivity (Wildman–Crippen MR) is 72.5 cm³/mol. The zero-order chi connectivity index (χ0) is 12.7. The molecule has 0 unspecified atom stereocenters. The number of carbonyl (C=O) groups excluding carboxylic acids is 1. The lowest BCUT2D eigenvalue weighted by molar-refractivity contribution is -0.114. The fourth-order valence-corrected chi connectivity index (χ4v) is 1.29. The number of hydrogen-bond acceptors (Lipinski definition) is 2. The quantitative estimate of drug-likeness (QED) is 0.475. The molecule has 0 atom stereocenters. The van der Waals surface area contributed by atoms with Gasteiger partial charge < -0.3 is 10.6 Å². The van der Waals surface area contributed by atoms with Crippen LogP contribution in [0, 0.1) is 0 Å². The number of hydrogen-bond donors (Lipinski definition) is 2. The summed E-state index contributed by atoms with van der Waals surface area (Å²) in [5.74, 6) is 0.756. The lowest BCUT2D eigenvalue weighted by atomic mass is 10.2. The molecule has 4 heteroatoms. The predicted octanol–water partition coefficient (Wildman–Crippen LogP) is 2.66. The molecule has 0 heterocycles. The molecule has 0 bridgehead atoms. The van der Waals surface area contributed by atoms with E-state index in [1.807, 2.05) is 31.2 Å². The van der Waals surface area contributed by atoms with Crippen LogP contribution >= 0.6 is 0 Å². The summed E-state index contributed by atoms with van der Waals surface area (Å²) in [6.07, 6.45) is 1.74. The van der Waals surface area contributed by atoms with Gasteiger partial charge in [0.1, 0.15) is 0 Å². The van der Waals surface area contributed by atoms with E-state index in [-0.39, 0.29) is 5.91 Å². The van der Waals surface area contributed by atoms with Gasteiger partial charge >= 0.3 is 0 Å². The van der Waals surface area contributed by atoms with Crippen LogP contribution in [0.3, 0.4) is 0 Å². The van der Waals surface area contributed by atoms with Crippen molar-refractivity contribution in [1.82, 2.24) is 0 Å². The van der Waals surface area contributed by atoms with E-state index >= 15 is 0 Å². The third kappa shape index (κ3) is 4.97. The van der Waals surface area contributed by atoms with E-state index in [2.05, 4.69) is 22.2 Å². The summed E-state index contributed by atoms with van der Waals surface area (Å²) in [5, 5.41) is 5.86. The molecule has 1 amide bonds. The summed E-state index contributed by atoms with van der Waals surface area (Å²) in [7, 11) is 0. The van der Waals surface area contributed by atoms with Crippen LogP contribution in [-0.4, -0.2) is 18.3 Å². The van der Waals surface area contributed by atoms with Gasteiger partial charge in [0.05, 0.1) is 12.4 Å². The van der Waals surface area contributed by atoms with Crippen molar-refractivity contribution in [3.8, 4) is 0 Å². The minimum absolute atomic E-state index is 0.0746. The van der Waals surface area contributed by atoms with Crippen LogP contribution in [0.1, 0.15) is 13.8 Å². The summed E-state index contributed by atoms with van der Waals surface area (Å²) in [6.45, 7) is 7.58. The number of carbonyl (C=O) groups is 1. The maximum Gasteiger partial charge on any atom is 0.221 e. The molecule has 4 nitrogen and oxygen atoms in total. The van der Waals surface area contributed by atoms with Crippen molar-refractivity contribution in [3.63, 3.8) is 0 Å². The summed E-state index contributed by atoms with van der Waals surface area (Å²) in [4.78, 5) is 15.1. The molecule has 2 N–H and O–H groups in total. The number of nitrogens with zero attached hydrogens (tertiary/aromatic N) is 1. The van der Waals surface area contributed by atoms with Gasteiger partial charge in [-0.25, -0.2) is 0 Å². The van der Waals surface area contributed by atoms with Crippen molar-refractivity contribution in [1.29, 1.82) is 0 Å². The number of rotatable bonds is 4. The van der Waals surface area contributed by atoms with Gasteiger partial charge in [0.15, 0.2) is 0 Å². The zero-order valence-electron chi connectivity index (χ0n) is 10.2. The molecule has 90 valence electrons. The van der Waals surface area contributed by atoms with E-state index < -0.39 is 0 Å². The van der Waals surface area contributed by atoms with Gasteiger partial charge in [-0.05, 0) is 31.2 Å². The van der Waals surface area contributed by atoms with Crippen molar-refractivity contribution >= 4 is 23.1 Å². The van der Waals surface area contributed by atoms with E-state index in [9.17, 15) is 4.79 Å². The molecule has 1 aromatic rings. The first-order valence-electron chi connectivity index (χ1n) is 5.38. The van der Waals surface area contributed by atoms with Crippen molar-refractivity contribution in [2.45, 2.75) is 13.8 Å². The Bertz CT molecular complexity index is 421. The topological polar surface area (TPSA) is 53.5 Å². The molecule has 0 saturated heterocycles. The number of benzene rings is 1. The Hall–Kier alpha value is -2.10. The minimum Gasteiger partial charge on any atom is -0.344 e. The second-order valence-electron chi connectivity index (χ2n) is 3.60. The highest BCUT2D eigenvalue weighted by molar-refractivity contribution is 5.94. The van der Waals surface area contributed by atoms with Gasteiger partial charge in [0.2, 0.25) is 5.91 Å². The van der Waals surface area contributed by atoms with Gasteiger partial charge in [-0.1, -0.05) is 6.08 Å². The maximum atomic E-state index is 10.8. The Balaban J connectivity index is 2.61. The molecule has 0 aliphatic carbocycles. The summed E-state index contributed by atoms with van der Waals surface area (Å²) in [6, 6.07) is 7.45. The summed E-state index contributed by atoms with van der Waals surface area (Å²) in [5.41, 5.74) is 1.72. The van der Waals surface area contributed by atoms with Crippen LogP contribution in [0.5, 0.6) is 0 Å². The van der Waals surface area contributed by atoms with Gasteiger partial charge in [-0.15, -0.1) is 6.58 Å². The Morgan fingerprint density at radius 1 is 1.24 bits per heavy atom. The van der Waals surface area contributed by atoms with Crippen molar-refractivity contribution in [2.75, 3.05) is 17.2 Å². The van der Waals surface area contributed by atoms with Gasteiger partial charge in [0, 0.05) is 18.3 Å². The van der Waals surface area contributed by atoms with E-state index in [0.717, 1.165) is 17.2 Å². The Labute approximate surface area is 101 Å². The Morgan fingerprint density at radius 2 is 1.76 bits per heavy atom. The van der Waals surface area contributed by atoms with Crippen molar-refractivity contribution < 1.29 is 4.79 Å². The highest BCUT2D eigenvalue weighted by Gasteiger charge is 1.96. The van der Waals surface area contributed by atoms with Crippen molar-refractivity contribution in [2.24, 2.45) is 4.99 Å². The molecule has 1 rings (SSSR count). The smallest absolute Gasteiger partial charge is 0.221 e. The molecular weight excluding hydrogens is 214 g/mol. The van der Waals surface area contributed by atoms with Crippen LogP contribution in [0.25, 0.3) is 0 Å². The molecule has 0 aliphatic heterocycles. The van der Waals surface area contributed by atoms with Gasteiger partial charge in [-0.3, -0.25) is 9.79 Å². The Kier molecular flexibility index (Phi) is 4.94. The first-order valence-corrected chi connectivity index (χ1v) is 5.38. The average molecular weight is 231 g/mol. The third-order valence-corrected chi connectivity index (χ3v) is 1.99. The van der Waals surface area contributed by atoms with E-state index in [4.69, 9.17) is 0 Å². The molecular formula is C13H17N3O. The van der Waals surface area contributed by atoms with E-state index in [0.29, 0.717) is 6.54 Å². The second-order valence-corrected chi connectivity index (χ2v) is 3.60. The van der Waals surface area contributed by atoms with Crippen molar-refractivity contribution in [3.05, 3.63) is 36.9 Å². The second kappa shape index (κ2) is 6.48. The molecule has 0 aliphatic rings. The molecule has 0 spiro atoms. The first-order chi connectivity index (χ1) is 8.11. The molecule has 0 fully saturated rings. The first kappa shape index (κ1) is 13.0. The maximum absolute atomic E-state index is 10.8. The fraction of sp³-hybridized carbons (Fsp3) is 0.231. The number of nitrogens with one attached hydrogen (secondary N) is 2. The normalized spacial score (nSPS) is 10.8. The van der Waals surface area contributed by atoms with Gasteiger partial charge in [-0.2, -0.15) is 0 Å². The lowest BCUT2D eigenvalue weighted by Crippen LogP contribution is -2.08. The highest BCUT2D eigenvalue weighted by Crippen LogP contribution is 2.13. The SMILES string of the molecule is C=CCN=C(C)Nc1ccc(NC(C)=O)cc1. The summed E-state index contributed by atoms with van der Waals surface area (Å²) < 4.78 is 0. The van der Waals surface area contributed by atoms with Gasteiger partial charge in [0.25, 0.3) is 0 Å². The molecule has 0 aromatic heterocycles. The monoisotopic (exact) mass is 231 g/mol. The standard InChI is InChI=1S/C13H17N3O/c1-4-9-14-10(2)15-12-5-7-13(8-6-12)16-11(3)17/h4-8H,1,9H2,2-3H3,(H,14,15)(H,16,17). The lowest BCUT2D eigenvalue weighted by Gasteiger charge is -2.07. The Morgan fingerprint density at radius 3 is 2.24 bits per heavy atom. The van der Waals surface area contributed by atoms with Crippen LogP contribution in [0.2, 0.25) is 0 Å². The van der Waals surface area contributed by atoms with Crippen LogP contribution in [-0.2, 0) is 4.79 Å². The molecule has 1 aromatic carbocycles. The minimum atomic E-state index is -0.0746. The van der Waals surface area contributed by atoms with Crippen LogP contribution < -0.4 is 10.6 Å². The number of amides is 1. The number of anilines is 2. The van der Waals surface area contributed by atoms with Crippen LogP contribution in [0.4, 0.5) is 11.4 Å². The largest absolute Gasteiger partial charge is 0.344 e. The zero-order valence-corrected chi connectivity index (χ0v) is 10.2. The van der Waals surface area contributed by atoms with E-state index in [1.54, 1.807) is 6.08 Å². The summed E-state index contributed by atoms with van der Waals surface area (Å²) >= 11 is 0. The number of amidine groups is 1. The van der Waals surface area contributed by atoms with E-state index in [1.165, 1.54) is 6.92 Å². The molecule has 0 radical (unpaired) electrons. The fourth-order valence-electron chi connectivity index (χ4n) is 1.29. The number of aliphatic imine (C=N–C) groups is 1.